The maximum atomic E-state index is 12.3. The molecule has 0 radical (unpaired) electrons. The predicted octanol–water partition coefficient (Wildman–Crippen LogP) is -4.63. The summed E-state index contributed by atoms with van der Waals surface area (Å²) in [5.41, 5.74) is 17.9. The highest BCUT2D eigenvalue weighted by Gasteiger charge is 2.47. The van der Waals surface area contributed by atoms with Gasteiger partial charge in [0.25, 0.3) is 0 Å². The lowest BCUT2D eigenvalue weighted by Crippen LogP contribution is -2.74. The summed E-state index contributed by atoms with van der Waals surface area (Å²) in [4.78, 5) is 59.8. The molecule has 18 atom stereocenters. The van der Waals surface area contributed by atoms with Gasteiger partial charge in [0.15, 0.2) is 6.35 Å². The van der Waals surface area contributed by atoms with Crippen molar-refractivity contribution in [3.63, 3.8) is 0 Å². The van der Waals surface area contributed by atoms with Gasteiger partial charge in [-0.3, -0.25) is 31.3 Å². The van der Waals surface area contributed by atoms with Gasteiger partial charge in [0.2, 0.25) is 18.2 Å². The molecule has 0 aliphatic carbocycles. The molecule has 9 unspecified atom stereocenters. The largest absolute Gasteiger partial charge is 0.365 e. The molecule has 0 aromatic heterocycles. The van der Waals surface area contributed by atoms with Crippen molar-refractivity contribution in [3.8, 4) is 0 Å². The molecule has 0 bridgehead atoms. The molecule has 350 valence electrons. The van der Waals surface area contributed by atoms with Crippen molar-refractivity contribution < 1.29 is 75.8 Å². The normalized spacial score (nSPS) is 41.5. The summed E-state index contributed by atoms with van der Waals surface area (Å²) in [6, 6.07) is -1.05. The zero-order chi connectivity index (χ0) is 44.4. The average molecular weight is 989 g/mol. The first kappa shape index (κ1) is 50.0. The summed E-state index contributed by atoms with van der Waals surface area (Å²) in [5.74, 6) is -1.07. The lowest BCUT2D eigenvalue weighted by atomic mass is 10.0. The molecular formula is C29H55N10O16P3S3. The van der Waals surface area contributed by atoms with E-state index in [2.05, 4.69) is 26.6 Å². The SMILES string of the molecule is COP(O)(=S)OC[C@H]1O[C@@H](NC2NC(N)NC(=O)C2N)C[C@H]1OP(O)(=S)OC[C@H]1O[C@@H](N2CCC(N)NC2O)C[C@H]1OP(O)(=S)OC[C@H]1O[C@@H](N2C=CC(=O)NC2O)C[C@H]1C. The van der Waals surface area contributed by atoms with Gasteiger partial charge >= 0.3 is 20.2 Å². The maximum absolute atomic E-state index is 12.3. The van der Waals surface area contributed by atoms with Crippen LogP contribution in [0.2, 0.25) is 0 Å². The summed E-state index contributed by atoms with van der Waals surface area (Å²) in [5, 5.41) is 34.7. The smallest absolute Gasteiger partial charge is 0.324 e. The lowest BCUT2D eigenvalue weighted by molar-refractivity contribution is -0.159. The van der Waals surface area contributed by atoms with Crippen LogP contribution >= 0.6 is 20.2 Å². The van der Waals surface area contributed by atoms with Crippen molar-refractivity contribution in [1.29, 1.82) is 0 Å². The van der Waals surface area contributed by atoms with E-state index in [0.29, 0.717) is 19.4 Å². The number of nitrogens with one attached hydrogen (secondary N) is 5. The fourth-order valence-electron chi connectivity index (χ4n) is 7.38. The van der Waals surface area contributed by atoms with Crippen LogP contribution in [0, 0.1) is 5.92 Å². The van der Waals surface area contributed by atoms with Crippen LogP contribution in [-0.2, 0) is 86.4 Å². The molecule has 6 aliphatic rings. The lowest BCUT2D eigenvalue weighted by Gasteiger charge is -2.39. The Hall–Kier alpha value is -0.410. The van der Waals surface area contributed by atoms with Gasteiger partial charge in [0.05, 0.1) is 50.5 Å². The molecule has 2 amide bonds. The summed E-state index contributed by atoms with van der Waals surface area (Å²) < 4.78 is 52.1. The van der Waals surface area contributed by atoms with Crippen LogP contribution in [0.25, 0.3) is 0 Å². The molecule has 6 heterocycles. The number of hydrogen-bond acceptors (Lipinski definition) is 24. The fourth-order valence-corrected chi connectivity index (χ4v) is 10.9. The first-order valence-electron chi connectivity index (χ1n) is 19.1. The van der Waals surface area contributed by atoms with Crippen molar-refractivity contribution in [2.45, 2.75) is 119 Å². The molecule has 5 saturated heterocycles. The number of hydrogen-bond donors (Lipinski definition) is 13. The van der Waals surface area contributed by atoms with E-state index in [1.54, 1.807) is 4.90 Å². The second-order valence-corrected chi connectivity index (χ2v) is 23.5. The zero-order valence-electron chi connectivity index (χ0n) is 32.9. The Balaban J connectivity index is 1.09. The minimum Gasteiger partial charge on any atom is -0.365 e. The van der Waals surface area contributed by atoms with Gasteiger partial charge in [-0.1, -0.05) is 6.92 Å². The first-order chi connectivity index (χ1) is 28.6. The second kappa shape index (κ2) is 21.0. The molecule has 61 heavy (non-hydrogen) atoms. The predicted molar refractivity (Wildman–Crippen MR) is 221 cm³/mol. The van der Waals surface area contributed by atoms with Crippen molar-refractivity contribution in [2.24, 2.45) is 23.1 Å². The minimum atomic E-state index is -4.18. The van der Waals surface area contributed by atoms with E-state index < -0.39 is 125 Å². The molecule has 6 rings (SSSR count). The third kappa shape index (κ3) is 13.6. The van der Waals surface area contributed by atoms with Crippen molar-refractivity contribution in [2.75, 3.05) is 33.5 Å². The number of carbonyl (C=O) groups is 2. The van der Waals surface area contributed by atoms with E-state index in [1.807, 2.05) is 6.92 Å². The summed E-state index contributed by atoms with van der Waals surface area (Å²) in [6.45, 7) is -10.6. The Morgan fingerprint density at radius 3 is 2.08 bits per heavy atom. The summed E-state index contributed by atoms with van der Waals surface area (Å²) in [6.07, 6.45) is -7.96. The molecule has 16 N–H and O–H groups in total. The van der Waals surface area contributed by atoms with Crippen LogP contribution < -0.4 is 43.8 Å². The highest BCUT2D eigenvalue weighted by molar-refractivity contribution is 8.07. The Morgan fingerprint density at radius 1 is 0.836 bits per heavy atom. The molecule has 0 aromatic rings. The van der Waals surface area contributed by atoms with Gasteiger partial charge in [0, 0.05) is 38.8 Å². The Morgan fingerprint density at radius 2 is 1.44 bits per heavy atom. The van der Waals surface area contributed by atoms with Gasteiger partial charge in [-0.25, -0.2) is 4.90 Å². The molecule has 6 aliphatic heterocycles. The molecule has 0 aromatic carbocycles. The molecule has 26 nitrogen and oxygen atoms in total. The quantitative estimate of drug-likeness (QED) is 0.0575. The molecule has 32 heteroatoms. The number of aliphatic hydroxyl groups is 2. The standard InChI is InChI=1S/C29H55N10O16P3S3/c1-13-7-22(39-6-4-20(40)34-29(39)43)52-16(13)10-49-57(45,60)55-15-9-23(38-5-3-19(30)33-28(38)42)53-18(15)12-50-58(46,61)54-14-8-21(51-17(14)11-48-56(44,59)47-2)35-25-24(31)26(41)37-27(32)36-25/h4,6,13-19,21-25,27-29,33,35-36,42-43H,3,5,7-12,30-32H2,1-2H3,(H,34,40)(H,37,41)(H,44,59)(H,45,60)(H,46,61)/t13-,14-,15-,16-,17-,18-,19?,21-,22-,23-,24?,25?,27?,28?,29?,56?,57?,58?/m1/s1. The van der Waals surface area contributed by atoms with Gasteiger partial charge < -0.3 is 93.2 Å². The second-order valence-electron chi connectivity index (χ2n) is 15.0. The van der Waals surface area contributed by atoms with Gasteiger partial charge in [-0.15, -0.1) is 0 Å². The third-order valence-electron chi connectivity index (χ3n) is 10.6. The number of rotatable bonds is 18. The number of carbonyl (C=O) groups excluding carboxylic acids is 2. The van der Waals surface area contributed by atoms with Crippen molar-refractivity contribution in [1.82, 2.24) is 36.4 Å². The van der Waals surface area contributed by atoms with E-state index in [4.69, 9.17) is 94.0 Å². The van der Waals surface area contributed by atoms with E-state index in [-0.39, 0.29) is 32.0 Å². The van der Waals surface area contributed by atoms with Crippen LogP contribution in [0.1, 0.15) is 32.6 Å². The van der Waals surface area contributed by atoms with Gasteiger partial charge in [0.1, 0.15) is 43.2 Å². The van der Waals surface area contributed by atoms with Crippen molar-refractivity contribution >= 4 is 67.4 Å². The van der Waals surface area contributed by atoms with Crippen molar-refractivity contribution in [3.05, 3.63) is 12.3 Å². The average Bonchev–Trinajstić information content (AvgIpc) is 3.86. The number of nitrogens with zero attached hydrogens (tertiary/aromatic N) is 2. The maximum Gasteiger partial charge on any atom is 0.324 e. The number of aliphatic hydroxyl groups excluding tert-OH is 2. The first-order valence-corrected chi connectivity index (χ1v) is 26.9. The van der Waals surface area contributed by atoms with Gasteiger partial charge in [-0.05, 0) is 54.2 Å². The van der Waals surface area contributed by atoms with E-state index in [9.17, 15) is 34.5 Å². The topological polar surface area (TPSA) is 363 Å². The van der Waals surface area contributed by atoms with E-state index in [0.717, 1.165) is 0 Å². The Kier molecular flexibility index (Phi) is 17.3. The number of amides is 2. The van der Waals surface area contributed by atoms with Gasteiger partial charge in [-0.2, -0.15) is 0 Å². The summed E-state index contributed by atoms with van der Waals surface area (Å²) >= 11 is 15.8. The minimum absolute atomic E-state index is 0.00977. The molecule has 0 spiro atoms. The molecule has 5 fully saturated rings. The highest BCUT2D eigenvalue weighted by atomic mass is 32.5. The zero-order valence-corrected chi connectivity index (χ0v) is 38.0. The third-order valence-corrected chi connectivity index (χ3v) is 15.5. The van der Waals surface area contributed by atoms with E-state index in [1.165, 1.54) is 24.3 Å². The monoisotopic (exact) mass is 988 g/mol. The number of ether oxygens (including phenoxy) is 3. The van der Waals surface area contributed by atoms with Crippen LogP contribution in [0.15, 0.2) is 12.3 Å². The van der Waals surface area contributed by atoms with Crippen LogP contribution in [0.5, 0.6) is 0 Å². The van der Waals surface area contributed by atoms with E-state index >= 15 is 0 Å². The fraction of sp³-hybridized carbons (Fsp3) is 0.862. The molecule has 0 saturated carbocycles. The summed E-state index contributed by atoms with van der Waals surface area (Å²) in [7, 11) is 1.18. The number of nitrogens with two attached hydrogens (primary N) is 3. The Bertz CT molecular complexity index is 1740. The molecular weight excluding hydrogens is 933 g/mol. The van der Waals surface area contributed by atoms with Crippen LogP contribution in [-0.4, -0.2) is 167 Å². The Labute approximate surface area is 366 Å². The van der Waals surface area contributed by atoms with Crippen LogP contribution in [0.4, 0.5) is 0 Å². The van der Waals surface area contributed by atoms with Crippen LogP contribution in [0.3, 0.4) is 0 Å². The highest BCUT2D eigenvalue weighted by Crippen LogP contribution is 2.52.